The van der Waals surface area contributed by atoms with Gasteiger partial charge >= 0.3 is 18.0 Å². The normalized spacial score (nSPS) is 24.3. The van der Waals surface area contributed by atoms with Gasteiger partial charge in [-0.25, -0.2) is 9.59 Å². The quantitative estimate of drug-likeness (QED) is 0.590. The van der Waals surface area contributed by atoms with Gasteiger partial charge in [0.2, 0.25) is 0 Å². The summed E-state index contributed by atoms with van der Waals surface area (Å²) in [5.74, 6) is -2.27. The molecule has 0 aromatic rings. The Hall–Kier alpha value is -1.79. The fourth-order valence-corrected chi connectivity index (χ4v) is 2.27. The lowest BCUT2D eigenvalue weighted by molar-refractivity contribution is -0.145. The molecule has 1 fully saturated rings. The van der Waals surface area contributed by atoms with Crippen LogP contribution in [-0.4, -0.2) is 40.3 Å². The Morgan fingerprint density at radius 1 is 1.21 bits per heavy atom. The summed E-state index contributed by atoms with van der Waals surface area (Å²) < 4.78 is 0. The molecule has 0 aromatic carbocycles. The number of carboxylic acids is 2. The average Bonchev–Trinajstić information content (AvgIpc) is 2.30. The molecule has 0 aromatic heterocycles. The molecule has 19 heavy (non-hydrogen) atoms. The van der Waals surface area contributed by atoms with Crippen LogP contribution in [0.15, 0.2) is 0 Å². The lowest BCUT2D eigenvalue weighted by Gasteiger charge is -2.29. The van der Waals surface area contributed by atoms with Crippen molar-refractivity contribution in [3.8, 4) is 0 Å². The summed E-state index contributed by atoms with van der Waals surface area (Å²) in [6, 6.07) is -2.00. The maximum absolute atomic E-state index is 11.7. The van der Waals surface area contributed by atoms with Crippen molar-refractivity contribution in [3.63, 3.8) is 0 Å². The largest absolute Gasteiger partial charge is 0.481 e. The van der Waals surface area contributed by atoms with Gasteiger partial charge in [0.05, 0.1) is 6.42 Å². The molecule has 0 aliphatic heterocycles. The van der Waals surface area contributed by atoms with Crippen LogP contribution in [0.3, 0.4) is 0 Å². The number of aliphatic carboxylic acids is 2. The molecule has 3 atom stereocenters. The first kappa shape index (κ1) is 15.3. The number of amides is 2. The standard InChI is InChI=1S/C12H20N2O5/c1-7-4-2-3-5-8(7)13-12(19)14-9(11(17)18)6-10(15)16/h7-9H,2-6H2,1H3,(H,15,16)(H,17,18)(H2,13,14,19). The van der Waals surface area contributed by atoms with E-state index in [2.05, 4.69) is 10.6 Å². The Morgan fingerprint density at radius 2 is 1.84 bits per heavy atom. The van der Waals surface area contributed by atoms with Gasteiger partial charge in [-0.3, -0.25) is 4.79 Å². The highest BCUT2D eigenvalue weighted by Gasteiger charge is 2.26. The molecular formula is C12H20N2O5. The van der Waals surface area contributed by atoms with Crippen LogP contribution >= 0.6 is 0 Å². The van der Waals surface area contributed by atoms with Crippen molar-refractivity contribution in [3.05, 3.63) is 0 Å². The highest BCUT2D eigenvalue weighted by Crippen LogP contribution is 2.23. The van der Waals surface area contributed by atoms with E-state index in [1.54, 1.807) is 0 Å². The highest BCUT2D eigenvalue weighted by atomic mass is 16.4. The van der Waals surface area contributed by atoms with Gasteiger partial charge in [0.1, 0.15) is 6.04 Å². The van der Waals surface area contributed by atoms with Crippen molar-refractivity contribution >= 4 is 18.0 Å². The SMILES string of the molecule is CC1CCCCC1NC(=O)NC(CC(=O)O)C(=O)O. The molecule has 0 saturated heterocycles. The molecule has 0 heterocycles. The van der Waals surface area contributed by atoms with Gasteiger partial charge in [0, 0.05) is 6.04 Å². The Kier molecular flexibility index (Phi) is 5.59. The number of nitrogens with one attached hydrogen (secondary N) is 2. The number of urea groups is 1. The molecule has 1 aliphatic carbocycles. The maximum Gasteiger partial charge on any atom is 0.326 e. The van der Waals surface area contributed by atoms with Crippen LogP contribution < -0.4 is 10.6 Å². The molecule has 7 nitrogen and oxygen atoms in total. The van der Waals surface area contributed by atoms with Crippen LogP contribution in [0, 0.1) is 5.92 Å². The number of carboxylic acid groups (broad SMARTS) is 2. The Morgan fingerprint density at radius 3 is 2.37 bits per heavy atom. The van der Waals surface area contributed by atoms with Crippen molar-refractivity contribution < 1.29 is 24.6 Å². The van der Waals surface area contributed by atoms with Crippen molar-refractivity contribution in [2.45, 2.75) is 51.1 Å². The fourth-order valence-electron chi connectivity index (χ4n) is 2.27. The van der Waals surface area contributed by atoms with Crippen molar-refractivity contribution in [1.82, 2.24) is 10.6 Å². The molecule has 0 spiro atoms. The molecule has 1 aliphatic rings. The first-order chi connectivity index (χ1) is 8.90. The number of hydrogen-bond donors (Lipinski definition) is 4. The van der Waals surface area contributed by atoms with Crippen LogP contribution in [0.4, 0.5) is 4.79 Å². The molecule has 7 heteroatoms. The minimum absolute atomic E-state index is 0.0213. The molecule has 1 saturated carbocycles. The van der Waals surface area contributed by atoms with E-state index in [0.717, 1.165) is 25.7 Å². The molecular weight excluding hydrogens is 252 g/mol. The Balaban J connectivity index is 2.47. The van der Waals surface area contributed by atoms with E-state index in [0.29, 0.717) is 5.92 Å². The van der Waals surface area contributed by atoms with Gasteiger partial charge in [0.25, 0.3) is 0 Å². The van der Waals surface area contributed by atoms with E-state index in [9.17, 15) is 14.4 Å². The summed E-state index contributed by atoms with van der Waals surface area (Å²) in [4.78, 5) is 33.0. The first-order valence-electron chi connectivity index (χ1n) is 6.41. The van der Waals surface area contributed by atoms with Gasteiger partial charge in [-0.15, -0.1) is 0 Å². The average molecular weight is 272 g/mol. The predicted octanol–water partition coefficient (Wildman–Crippen LogP) is 0.792. The number of carbonyl (C=O) groups excluding carboxylic acids is 1. The van der Waals surface area contributed by atoms with Crippen LogP contribution in [0.2, 0.25) is 0 Å². The lowest BCUT2D eigenvalue weighted by Crippen LogP contribution is -2.51. The van der Waals surface area contributed by atoms with Crippen molar-refractivity contribution in [2.75, 3.05) is 0 Å². The van der Waals surface area contributed by atoms with E-state index in [1.807, 2.05) is 6.92 Å². The zero-order valence-corrected chi connectivity index (χ0v) is 10.9. The van der Waals surface area contributed by atoms with Crippen molar-refractivity contribution in [2.24, 2.45) is 5.92 Å². The minimum Gasteiger partial charge on any atom is -0.481 e. The topological polar surface area (TPSA) is 116 Å². The van der Waals surface area contributed by atoms with Gasteiger partial charge in [-0.2, -0.15) is 0 Å². The number of carbonyl (C=O) groups is 3. The third-order valence-corrected chi connectivity index (χ3v) is 3.41. The molecule has 0 bridgehead atoms. The Bertz CT molecular complexity index is 358. The van der Waals surface area contributed by atoms with E-state index in [1.165, 1.54) is 0 Å². The predicted molar refractivity (Wildman–Crippen MR) is 66.8 cm³/mol. The smallest absolute Gasteiger partial charge is 0.326 e. The zero-order chi connectivity index (χ0) is 14.4. The Labute approximate surface area is 111 Å². The van der Waals surface area contributed by atoms with Crippen LogP contribution in [0.5, 0.6) is 0 Å². The van der Waals surface area contributed by atoms with Crippen LogP contribution in [0.25, 0.3) is 0 Å². The molecule has 4 N–H and O–H groups in total. The van der Waals surface area contributed by atoms with Gasteiger partial charge < -0.3 is 20.8 Å². The molecule has 1 rings (SSSR count). The summed E-state index contributed by atoms with van der Waals surface area (Å²) in [5, 5.41) is 22.3. The third-order valence-electron chi connectivity index (χ3n) is 3.41. The monoisotopic (exact) mass is 272 g/mol. The second-order valence-electron chi connectivity index (χ2n) is 4.97. The van der Waals surface area contributed by atoms with Crippen LogP contribution in [0.1, 0.15) is 39.0 Å². The number of hydrogen-bond acceptors (Lipinski definition) is 3. The fraction of sp³-hybridized carbons (Fsp3) is 0.750. The molecule has 2 amide bonds. The summed E-state index contributed by atoms with van der Waals surface area (Å²) in [7, 11) is 0. The summed E-state index contributed by atoms with van der Waals surface area (Å²) in [6.07, 6.45) is 3.43. The van der Waals surface area contributed by atoms with Gasteiger partial charge in [-0.05, 0) is 18.8 Å². The minimum atomic E-state index is -1.41. The summed E-state index contributed by atoms with van der Waals surface area (Å²) >= 11 is 0. The zero-order valence-electron chi connectivity index (χ0n) is 10.9. The van der Waals surface area contributed by atoms with E-state index in [4.69, 9.17) is 10.2 Å². The number of rotatable bonds is 5. The molecule has 108 valence electrons. The van der Waals surface area contributed by atoms with Gasteiger partial charge in [-0.1, -0.05) is 19.8 Å². The summed E-state index contributed by atoms with van der Waals surface area (Å²) in [6.45, 7) is 2.04. The summed E-state index contributed by atoms with van der Waals surface area (Å²) in [5.41, 5.74) is 0. The van der Waals surface area contributed by atoms with E-state index in [-0.39, 0.29) is 6.04 Å². The lowest BCUT2D eigenvalue weighted by atomic mass is 9.86. The molecule has 0 radical (unpaired) electrons. The first-order valence-corrected chi connectivity index (χ1v) is 6.41. The maximum atomic E-state index is 11.7. The molecule has 3 unspecified atom stereocenters. The second-order valence-corrected chi connectivity index (χ2v) is 4.97. The van der Waals surface area contributed by atoms with Crippen molar-refractivity contribution in [1.29, 1.82) is 0 Å². The highest BCUT2D eigenvalue weighted by molar-refractivity contribution is 5.86. The third kappa shape index (κ3) is 5.15. The second kappa shape index (κ2) is 6.96. The van der Waals surface area contributed by atoms with E-state index < -0.39 is 30.4 Å². The van der Waals surface area contributed by atoms with E-state index >= 15 is 0 Å². The van der Waals surface area contributed by atoms with Gasteiger partial charge in [0.15, 0.2) is 0 Å². The van der Waals surface area contributed by atoms with Crippen LogP contribution in [-0.2, 0) is 9.59 Å².